The lowest BCUT2D eigenvalue weighted by Gasteiger charge is -2.01. The molecule has 0 atom stereocenters. The molecule has 0 saturated carbocycles. The minimum absolute atomic E-state index is 0.407. The highest BCUT2D eigenvalue weighted by Gasteiger charge is 2.02. The molecular weight excluding hydrogens is 206 g/mol. The minimum Gasteiger partial charge on any atom is -0.312 e. The summed E-state index contributed by atoms with van der Waals surface area (Å²) in [6.45, 7) is 0.804. The lowest BCUT2D eigenvalue weighted by Crippen LogP contribution is -2.01. The van der Waals surface area contributed by atoms with Crippen molar-refractivity contribution in [3.05, 3.63) is 34.5 Å². The first kappa shape index (κ1) is 8.72. The van der Waals surface area contributed by atoms with Crippen molar-refractivity contribution >= 4 is 22.9 Å². The van der Waals surface area contributed by atoms with E-state index in [1.807, 2.05) is 4.57 Å². The van der Waals surface area contributed by atoms with Crippen molar-refractivity contribution in [1.29, 1.82) is 0 Å². The van der Waals surface area contributed by atoms with Gasteiger partial charge in [-0.1, -0.05) is 0 Å². The highest BCUT2D eigenvalue weighted by Crippen LogP contribution is 2.09. The van der Waals surface area contributed by atoms with E-state index >= 15 is 0 Å². The number of alkyl halides is 1. The van der Waals surface area contributed by atoms with Crippen LogP contribution < -0.4 is 0 Å². The van der Waals surface area contributed by atoms with Crippen LogP contribution in [0.3, 0.4) is 0 Å². The summed E-state index contributed by atoms with van der Waals surface area (Å²) in [5, 5.41) is 11.9. The number of halogens is 1. The van der Waals surface area contributed by atoms with Crippen LogP contribution in [-0.4, -0.2) is 14.8 Å². The Labute approximate surface area is 85.0 Å². The average Bonchev–Trinajstić information content (AvgIpc) is 2.76. The normalized spacial score (nSPS) is 10.5. The zero-order valence-corrected chi connectivity index (χ0v) is 8.42. The SMILES string of the molecule is ClCc1nncn1Cc1ccsc1. The van der Waals surface area contributed by atoms with Crippen LogP contribution in [0.2, 0.25) is 0 Å². The molecule has 0 N–H and O–H groups in total. The summed E-state index contributed by atoms with van der Waals surface area (Å²) in [4.78, 5) is 0. The average molecular weight is 214 g/mol. The van der Waals surface area contributed by atoms with Crippen molar-refractivity contribution in [3.63, 3.8) is 0 Å². The number of aromatic nitrogens is 3. The predicted octanol–water partition coefficient (Wildman–Crippen LogP) is 2.13. The Morgan fingerprint density at radius 2 is 2.46 bits per heavy atom. The summed E-state index contributed by atoms with van der Waals surface area (Å²) in [6.07, 6.45) is 1.70. The summed E-state index contributed by atoms with van der Waals surface area (Å²) in [5.41, 5.74) is 1.26. The molecule has 0 fully saturated rings. The van der Waals surface area contributed by atoms with Gasteiger partial charge in [-0.25, -0.2) is 0 Å². The van der Waals surface area contributed by atoms with E-state index in [9.17, 15) is 0 Å². The van der Waals surface area contributed by atoms with Gasteiger partial charge in [0.1, 0.15) is 12.2 Å². The van der Waals surface area contributed by atoms with Crippen molar-refractivity contribution in [2.24, 2.45) is 0 Å². The number of thiophene rings is 1. The Morgan fingerprint density at radius 1 is 1.54 bits per heavy atom. The Bertz CT molecular complexity index is 368. The van der Waals surface area contributed by atoms with Crippen molar-refractivity contribution in [3.8, 4) is 0 Å². The molecule has 3 nitrogen and oxygen atoms in total. The molecule has 0 bridgehead atoms. The van der Waals surface area contributed by atoms with Gasteiger partial charge in [0.2, 0.25) is 0 Å². The summed E-state index contributed by atoms with van der Waals surface area (Å²) >= 11 is 7.38. The second kappa shape index (κ2) is 3.89. The molecule has 2 aromatic rings. The van der Waals surface area contributed by atoms with E-state index in [2.05, 4.69) is 27.0 Å². The second-order valence-corrected chi connectivity index (χ2v) is 3.69. The van der Waals surface area contributed by atoms with E-state index in [4.69, 9.17) is 11.6 Å². The molecular formula is C8H8ClN3S. The van der Waals surface area contributed by atoms with Gasteiger partial charge in [0.05, 0.1) is 12.4 Å². The van der Waals surface area contributed by atoms with E-state index in [0.29, 0.717) is 5.88 Å². The standard InChI is InChI=1S/C8H8ClN3S/c9-3-8-11-10-6-12(8)4-7-1-2-13-5-7/h1-2,5-6H,3-4H2. The van der Waals surface area contributed by atoms with Crippen molar-refractivity contribution in [2.75, 3.05) is 0 Å². The monoisotopic (exact) mass is 213 g/mol. The molecule has 0 aliphatic heterocycles. The smallest absolute Gasteiger partial charge is 0.148 e. The third-order valence-corrected chi connectivity index (χ3v) is 2.72. The van der Waals surface area contributed by atoms with Gasteiger partial charge in [-0.2, -0.15) is 11.3 Å². The van der Waals surface area contributed by atoms with E-state index < -0.39 is 0 Å². The molecule has 0 aliphatic carbocycles. The fourth-order valence-electron chi connectivity index (χ4n) is 1.09. The van der Waals surface area contributed by atoms with Crippen LogP contribution in [0.1, 0.15) is 11.4 Å². The Kier molecular flexibility index (Phi) is 2.61. The molecule has 5 heteroatoms. The van der Waals surface area contributed by atoms with Gasteiger partial charge >= 0.3 is 0 Å². The molecule has 0 radical (unpaired) electrons. The highest BCUT2D eigenvalue weighted by atomic mass is 35.5. The molecule has 0 spiro atoms. The Morgan fingerprint density at radius 3 is 3.15 bits per heavy atom. The van der Waals surface area contributed by atoms with Crippen LogP contribution >= 0.6 is 22.9 Å². The Hall–Kier alpha value is -0.870. The molecule has 2 heterocycles. The van der Waals surface area contributed by atoms with Gasteiger partial charge in [0.25, 0.3) is 0 Å². The number of hydrogen-bond donors (Lipinski definition) is 0. The molecule has 2 aromatic heterocycles. The van der Waals surface area contributed by atoms with Gasteiger partial charge in [-0.05, 0) is 22.4 Å². The van der Waals surface area contributed by atoms with Crippen molar-refractivity contribution < 1.29 is 0 Å². The number of rotatable bonds is 3. The topological polar surface area (TPSA) is 30.7 Å². The predicted molar refractivity (Wildman–Crippen MR) is 53.0 cm³/mol. The first-order chi connectivity index (χ1) is 6.40. The van der Waals surface area contributed by atoms with Crippen LogP contribution in [0.25, 0.3) is 0 Å². The van der Waals surface area contributed by atoms with Crippen molar-refractivity contribution in [2.45, 2.75) is 12.4 Å². The van der Waals surface area contributed by atoms with Crippen molar-refractivity contribution in [1.82, 2.24) is 14.8 Å². The zero-order chi connectivity index (χ0) is 9.10. The van der Waals surface area contributed by atoms with Gasteiger partial charge in [-0.3, -0.25) is 0 Å². The van der Waals surface area contributed by atoms with Crippen LogP contribution in [-0.2, 0) is 12.4 Å². The largest absolute Gasteiger partial charge is 0.312 e. The van der Waals surface area contributed by atoms with Crippen LogP contribution in [0.15, 0.2) is 23.2 Å². The van der Waals surface area contributed by atoms with Crippen LogP contribution in [0, 0.1) is 0 Å². The number of hydrogen-bond acceptors (Lipinski definition) is 3. The molecule has 0 aromatic carbocycles. The van der Waals surface area contributed by atoms with E-state index in [-0.39, 0.29) is 0 Å². The lowest BCUT2D eigenvalue weighted by atomic mass is 10.3. The second-order valence-electron chi connectivity index (χ2n) is 2.64. The molecule has 2 rings (SSSR count). The highest BCUT2D eigenvalue weighted by molar-refractivity contribution is 7.07. The summed E-state index contributed by atoms with van der Waals surface area (Å²) in [7, 11) is 0. The van der Waals surface area contributed by atoms with E-state index in [0.717, 1.165) is 12.4 Å². The number of nitrogens with zero attached hydrogens (tertiary/aromatic N) is 3. The third kappa shape index (κ3) is 1.89. The molecule has 0 aliphatic rings. The quantitative estimate of drug-likeness (QED) is 0.732. The van der Waals surface area contributed by atoms with Crippen LogP contribution in [0.5, 0.6) is 0 Å². The summed E-state index contributed by atoms with van der Waals surface area (Å²) in [6, 6.07) is 2.09. The van der Waals surface area contributed by atoms with Gasteiger partial charge in [0.15, 0.2) is 0 Å². The molecule has 0 unspecified atom stereocenters. The Balaban J connectivity index is 2.18. The molecule has 68 valence electrons. The fourth-order valence-corrected chi connectivity index (χ4v) is 1.96. The first-order valence-corrected chi connectivity index (χ1v) is 5.31. The third-order valence-electron chi connectivity index (χ3n) is 1.75. The van der Waals surface area contributed by atoms with Gasteiger partial charge in [0, 0.05) is 0 Å². The first-order valence-electron chi connectivity index (χ1n) is 3.84. The maximum atomic E-state index is 5.69. The maximum absolute atomic E-state index is 5.69. The summed E-state index contributed by atoms with van der Waals surface area (Å²) in [5.74, 6) is 1.22. The summed E-state index contributed by atoms with van der Waals surface area (Å²) < 4.78 is 1.95. The fraction of sp³-hybridized carbons (Fsp3) is 0.250. The zero-order valence-electron chi connectivity index (χ0n) is 6.85. The lowest BCUT2D eigenvalue weighted by molar-refractivity contribution is 0.757. The maximum Gasteiger partial charge on any atom is 0.148 e. The minimum atomic E-state index is 0.407. The van der Waals surface area contributed by atoms with E-state index in [1.54, 1.807) is 17.7 Å². The van der Waals surface area contributed by atoms with Gasteiger partial charge < -0.3 is 4.57 Å². The molecule has 0 saturated heterocycles. The van der Waals surface area contributed by atoms with Gasteiger partial charge in [-0.15, -0.1) is 21.8 Å². The van der Waals surface area contributed by atoms with Crippen LogP contribution in [0.4, 0.5) is 0 Å². The molecule has 0 amide bonds. The van der Waals surface area contributed by atoms with E-state index in [1.165, 1.54) is 5.56 Å². The molecule has 13 heavy (non-hydrogen) atoms.